The van der Waals surface area contributed by atoms with E-state index in [4.69, 9.17) is 0 Å². The summed E-state index contributed by atoms with van der Waals surface area (Å²) < 4.78 is 0. The van der Waals surface area contributed by atoms with E-state index in [1.807, 2.05) is 0 Å². The van der Waals surface area contributed by atoms with Gasteiger partial charge in [0, 0.05) is 24.7 Å². The number of nitrogens with zero attached hydrogens (tertiary/aromatic N) is 1. The van der Waals surface area contributed by atoms with Gasteiger partial charge in [0.1, 0.15) is 0 Å². The van der Waals surface area contributed by atoms with Crippen molar-refractivity contribution in [3.63, 3.8) is 0 Å². The third-order valence-electron chi connectivity index (χ3n) is 4.12. The highest BCUT2D eigenvalue weighted by Crippen LogP contribution is 2.45. The van der Waals surface area contributed by atoms with Gasteiger partial charge < -0.3 is 4.90 Å². The Morgan fingerprint density at radius 1 is 1.40 bits per heavy atom. The van der Waals surface area contributed by atoms with Gasteiger partial charge in [0.05, 0.1) is 0 Å². The molecule has 1 nitrogen and oxygen atoms in total. The van der Waals surface area contributed by atoms with Crippen LogP contribution in [0.25, 0.3) is 0 Å². The molecule has 0 aromatic heterocycles. The summed E-state index contributed by atoms with van der Waals surface area (Å²) in [6.45, 7) is 6.96. The number of benzene rings is 1. The van der Waals surface area contributed by atoms with Crippen LogP contribution in [-0.4, -0.2) is 13.1 Å². The molecule has 0 spiro atoms. The molecule has 1 aromatic carbocycles. The first-order valence-electron chi connectivity index (χ1n) is 6.18. The van der Waals surface area contributed by atoms with Crippen molar-refractivity contribution in [2.24, 2.45) is 0 Å². The number of hydrogen-bond donors (Lipinski definition) is 0. The normalized spacial score (nSPS) is 23.1. The largest absolute Gasteiger partial charge is 0.371 e. The maximum Gasteiger partial charge on any atom is 0.0405 e. The average Bonchev–Trinajstić information content (AvgIpc) is 2.63. The minimum absolute atomic E-state index is 0.837. The number of hydrogen-bond acceptors (Lipinski definition) is 1. The Balaban J connectivity index is 2.18. The average molecular weight is 201 g/mol. The van der Waals surface area contributed by atoms with E-state index in [2.05, 4.69) is 30.9 Å². The molecule has 0 bridgehead atoms. The second-order valence-corrected chi connectivity index (χ2v) is 4.92. The highest BCUT2D eigenvalue weighted by molar-refractivity contribution is 5.65. The van der Waals surface area contributed by atoms with Gasteiger partial charge in [0.25, 0.3) is 0 Å². The van der Waals surface area contributed by atoms with E-state index < -0.39 is 0 Å². The topological polar surface area (TPSA) is 3.24 Å². The molecule has 1 aromatic rings. The predicted molar refractivity (Wildman–Crippen MR) is 64.7 cm³/mol. The SMILES string of the molecule is CCN1CC2CCCc3c(C)ccc1c32. The lowest BCUT2D eigenvalue weighted by Crippen LogP contribution is -2.21. The van der Waals surface area contributed by atoms with E-state index in [0.29, 0.717) is 0 Å². The minimum Gasteiger partial charge on any atom is -0.371 e. The summed E-state index contributed by atoms with van der Waals surface area (Å²) in [6.07, 6.45) is 4.10. The highest BCUT2D eigenvalue weighted by atomic mass is 15.1. The standard InChI is InChI=1S/C14H19N/c1-3-15-9-11-5-4-6-12-10(2)7-8-13(15)14(11)12/h7-8,11H,3-6,9H2,1-2H3. The van der Waals surface area contributed by atoms with Crippen LogP contribution in [0.4, 0.5) is 5.69 Å². The Labute approximate surface area is 92.1 Å². The van der Waals surface area contributed by atoms with E-state index in [-0.39, 0.29) is 0 Å². The fraction of sp³-hybridized carbons (Fsp3) is 0.571. The first-order chi connectivity index (χ1) is 7.31. The molecule has 0 fully saturated rings. The molecular formula is C14H19N. The van der Waals surface area contributed by atoms with Crippen LogP contribution in [0, 0.1) is 6.92 Å². The lowest BCUT2D eigenvalue weighted by Gasteiger charge is -2.21. The minimum atomic E-state index is 0.837. The second kappa shape index (κ2) is 3.26. The van der Waals surface area contributed by atoms with Gasteiger partial charge in [-0.05, 0) is 55.9 Å². The first kappa shape index (κ1) is 9.26. The number of aryl methyl sites for hydroxylation is 1. The zero-order chi connectivity index (χ0) is 10.4. The molecule has 0 saturated carbocycles. The molecule has 1 aliphatic carbocycles. The molecule has 0 amide bonds. The summed E-state index contributed by atoms with van der Waals surface area (Å²) in [5.74, 6) is 0.837. The summed E-state index contributed by atoms with van der Waals surface area (Å²) in [5.41, 5.74) is 6.40. The third-order valence-corrected chi connectivity index (χ3v) is 4.12. The molecule has 0 radical (unpaired) electrons. The van der Waals surface area contributed by atoms with Crippen LogP contribution in [0.5, 0.6) is 0 Å². The van der Waals surface area contributed by atoms with Crippen molar-refractivity contribution in [3.05, 3.63) is 28.8 Å². The molecule has 1 unspecified atom stereocenters. The van der Waals surface area contributed by atoms with Gasteiger partial charge in [-0.25, -0.2) is 0 Å². The van der Waals surface area contributed by atoms with Crippen molar-refractivity contribution in [2.45, 2.75) is 39.0 Å². The molecule has 80 valence electrons. The van der Waals surface area contributed by atoms with Gasteiger partial charge in [-0.15, -0.1) is 0 Å². The zero-order valence-corrected chi connectivity index (χ0v) is 9.71. The van der Waals surface area contributed by atoms with E-state index in [0.717, 1.165) is 12.5 Å². The summed E-state index contributed by atoms with van der Waals surface area (Å²) in [7, 11) is 0. The molecular weight excluding hydrogens is 182 g/mol. The lowest BCUT2D eigenvalue weighted by atomic mass is 9.82. The van der Waals surface area contributed by atoms with Gasteiger partial charge in [0.15, 0.2) is 0 Å². The Hall–Kier alpha value is -0.980. The van der Waals surface area contributed by atoms with Crippen LogP contribution in [0.2, 0.25) is 0 Å². The summed E-state index contributed by atoms with van der Waals surface area (Å²) >= 11 is 0. The first-order valence-corrected chi connectivity index (χ1v) is 6.18. The van der Waals surface area contributed by atoms with Crippen molar-refractivity contribution < 1.29 is 0 Å². The molecule has 15 heavy (non-hydrogen) atoms. The summed E-state index contributed by atoms with van der Waals surface area (Å²) in [5, 5.41) is 0. The Morgan fingerprint density at radius 3 is 3.07 bits per heavy atom. The van der Waals surface area contributed by atoms with Crippen LogP contribution in [0.15, 0.2) is 12.1 Å². The van der Waals surface area contributed by atoms with Crippen molar-refractivity contribution in [3.8, 4) is 0 Å². The monoisotopic (exact) mass is 201 g/mol. The van der Waals surface area contributed by atoms with Gasteiger partial charge in [0.2, 0.25) is 0 Å². The van der Waals surface area contributed by atoms with Crippen molar-refractivity contribution >= 4 is 5.69 Å². The van der Waals surface area contributed by atoms with Crippen molar-refractivity contribution in [1.29, 1.82) is 0 Å². The summed E-state index contributed by atoms with van der Waals surface area (Å²) in [6, 6.07) is 4.65. The van der Waals surface area contributed by atoms with Crippen LogP contribution in [0.3, 0.4) is 0 Å². The zero-order valence-electron chi connectivity index (χ0n) is 9.71. The van der Waals surface area contributed by atoms with E-state index >= 15 is 0 Å². The fourth-order valence-corrected chi connectivity index (χ4v) is 3.34. The van der Waals surface area contributed by atoms with Crippen molar-refractivity contribution in [1.82, 2.24) is 0 Å². The number of rotatable bonds is 1. The molecule has 1 aliphatic heterocycles. The van der Waals surface area contributed by atoms with Crippen LogP contribution >= 0.6 is 0 Å². The summed E-state index contributed by atoms with van der Waals surface area (Å²) in [4.78, 5) is 2.55. The van der Waals surface area contributed by atoms with Crippen molar-refractivity contribution in [2.75, 3.05) is 18.0 Å². The number of likely N-dealkylation sites (N-methyl/N-ethyl adjacent to an activating group) is 1. The van der Waals surface area contributed by atoms with Gasteiger partial charge in [-0.1, -0.05) is 6.07 Å². The maximum absolute atomic E-state index is 2.55. The molecule has 2 aliphatic rings. The quantitative estimate of drug-likeness (QED) is 0.674. The molecule has 3 rings (SSSR count). The van der Waals surface area contributed by atoms with Crippen LogP contribution in [0.1, 0.15) is 42.4 Å². The smallest absolute Gasteiger partial charge is 0.0405 e. The second-order valence-electron chi connectivity index (χ2n) is 4.92. The van der Waals surface area contributed by atoms with E-state index in [9.17, 15) is 0 Å². The third kappa shape index (κ3) is 1.22. The van der Waals surface area contributed by atoms with Gasteiger partial charge in [-0.2, -0.15) is 0 Å². The molecule has 1 heterocycles. The molecule has 0 N–H and O–H groups in total. The molecule has 0 saturated heterocycles. The van der Waals surface area contributed by atoms with Crippen LogP contribution < -0.4 is 4.90 Å². The highest BCUT2D eigenvalue weighted by Gasteiger charge is 2.32. The van der Waals surface area contributed by atoms with Gasteiger partial charge >= 0.3 is 0 Å². The van der Waals surface area contributed by atoms with E-state index in [1.54, 1.807) is 11.1 Å². The van der Waals surface area contributed by atoms with E-state index in [1.165, 1.54) is 37.1 Å². The number of anilines is 1. The Bertz CT molecular complexity index is 395. The molecule has 1 atom stereocenters. The lowest BCUT2D eigenvalue weighted by molar-refractivity contribution is 0.573. The molecule has 1 heteroatoms. The maximum atomic E-state index is 2.55. The predicted octanol–water partition coefficient (Wildman–Crippen LogP) is 3.25. The Kier molecular flexibility index (Phi) is 2.01. The fourth-order valence-electron chi connectivity index (χ4n) is 3.34. The Morgan fingerprint density at radius 2 is 2.27 bits per heavy atom. The van der Waals surface area contributed by atoms with Gasteiger partial charge in [-0.3, -0.25) is 0 Å². The van der Waals surface area contributed by atoms with Crippen LogP contribution in [-0.2, 0) is 6.42 Å².